The molecule has 1 aliphatic rings. The molecule has 4 aromatic rings. The summed E-state index contributed by atoms with van der Waals surface area (Å²) in [6, 6.07) is 17.9. The molecule has 0 saturated carbocycles. The summed E-state index contributed by atoms with van der Waals surface area (Å²) in [7, 11) is 1.57. The van der Waals surface area contributed by atoms with E-state index in [4.69, 9.17) is 35.5 Å². The number of benzene rings is 3. The van der Waals surface area contributed by atoms with Crippen molar-refractivity contribution in [2.24, 2.45) is 4.99 Å². The number of methoxy groups -OCH3 is 1. The van der Waals surface area contributed by atoms with E-state index in [1.807, 2.05) is 73.7 Å². The quantitative estimate of drug-likeness (QED) is 0.125. The molecular weight excluding hydrogens is 636 g/mol. The van der Waals surface area contributed by atoms with Gasteiger partial charge in [-0.3, -0.25) is 9.36 Å². The number of esters is 1. The lowest BCUT2D eigenvalue weighted by atomic mass is 9.95. The Bertz CT molecular complexity index is 2030. The van der Waals surface area contributed by atoms with E-state index in [1.54, 1.807) is 38.5 Å². The zero-order chi connectivity index (χ0) is 33.7. The van der Waals surface area contributed by atoms with Gasteiger partial charge in [-0.25, -0.2) is 9.79 Å². The molecule has 1 aromatic heterocycles. The molecule has 3 aromatic carbocycles. The largest absolute Gasteiger partial charge is 0.497 e. The number of hydrogen-bond acceptors (Lipinski definition) is 8. The standard InChI is InChI=1S/C37H37ClN2O6S/c1-7-12-26-17-24(18-30(44-8-2)34(26)45-21-27-13-9-10-16-29(27)38)19-31-35(41)40-33(25-14-11-15-28(20-25)43-6)32(36(42)46-22(3)4)23(5)39-37(40)47-31/h7,9-11,13-20,22,33H,1,8,12,21H2,2-6H3/b31-19-/t33-/m1/s1. The molecule has 0 fully saturated rings. The SMILES string of the molecule is C=CCc1cc(/C=c2\sc3n(c2=O)[C@H](c2cccc(OC)c2)C(C(=O)OC(C)C)=C(C)N=3)cc(OCC)c1OCc1ccccc1Cl. The molecule has 47 heavy (non-hydrogen) atoms. The van der Waals surface area contributed by atoms with E-state index in [0.29, 0.717) is 61.5 Å². The molecule has 1 atom stereocenters. The Hall–Kier alpha value is -4.60. The van der Waals surface area contributed by atoms with Crippen LogP contribution in [-0.4, -0.2) is 30.4 Å². The summed E-state index contributed by atoms with van der Waals surface area (Å²) in [5, 5.41) is 0.617. The minimum atomic E-state index is -0.759. The Morgan fingerprint density at radius 3 is 2.60 bits per heavy atom. The zero-order valence-electron chi connectivity index (χ0n) is 27.0. The third kappa shape index (κ3) is 7.37. The third-order valence-electron chi connectivity index (χ3n) is 7.44. The highest BCUT2D eigenvalue weighted by Gasteiger charge is 2.34. The molecule has 1 aliphatic heterocycles. The number of carbonyl (C=O) groups excluding carboxylic acids is 1. The minimum Gasteiger partial charge on any atom is -0.497 e. The van der Waals surface area contributed by atoms with Crippen LogP contribution in [0.2, 0.25) is 5.02 Å². The van der Waals surface area contributed by atoms with Crippen molar-refractivity contribution < 1.29 is 23.7 Å². The van der Waals surface area contributed by atoms with Crippen molar-refractivity contribution in [2.75, 3.05) is 13.7 Å². The molecule has 0 radical (unpaired) electrons. The summed E-state index contributed by atoms with van der Waals surface area (Å²) in [6.07, 6.45) is 3.76. The molecule has 0 N–H and O–H groups in total. The summed E-state index contributed by atoms with van der Waals surface area (Å²) in [5.41, 5.74) is 3.65. The Morgan fingerprint density at radius 1 is 1.11 bits per heavy atom. The van der Waals surface area contributed by atoms with Gasteiger partial charge in [0.1, 0.15) is 12.4 Å². The van der Waals surface area contributed by atoms with Gasteiger partial charge in [-0.15, -0.1) is 6.58 Å². The fourth-order valence-corrected chi connectivity index (χ4v) is 6.64. The van der Waals surface area contributed by atoms with Crippen LogP contribution >= 0.6 is 22.9 Å². The number of allylic oxidation sites excluding steroid dienone is 2. The van der Waals surface area contributed by atoms with Gasteiger partial charge in [0.2, 0.25) is 0 Å². The molecule has 0 amide bonds. The molecule has 8 nitrogen and oxygen atoms in total. The number of aromatic nitrogens is 1. The molecule has 0 saturated heterocycles. The second kappa shape index (κ2) is 14.9. The first kappa shape index (κ1) is 33.8. The minimum absolute atomic E-state index is 0.257. The summed E-state index contributed by atoms with van der Waals surface area (Å²) in [4.78, 5) is 32.8. The highest BCUT2D eigenvalue weighted by molar-refractivity contribution is 7.07. The maximum Gasteiger partial charge on any atom is 0.338 e. The van der Waals surface area contributed by atoms with Crippen molar-refractivity contribution in [1.82, 2.24) is 4.57 Å². The first-order valence-electron chi connectivity index (χ1n) is 15.3. The van der Waals surface area contributed by atoms with Crippen LogP contribution in [0.15, 0.2) is 94.4 Å². The molecule has 0 unspecified atom stereocenters. The van der Waals surface area contributed by atoms with Gasteiger partial charge in [0.15, 0.2) is 16.3 Å². The van der Waals surface area contributed by atoms with Crippen LogP contribution in [-0.2, 0) is 22.6 Å². The van der Waals surface area contributed by atoms with E-state index in [1.165, 1.54) is 11.3 Å². The highest BCUT2D eigenvalue weighted by Crippen LogP contribution is 2.36. The average molecular weight is 673 g/mol. The van der Waals surface area contributed by atoms with Crippen LogP contribution < -0.4 is 29.1 Å². The van der Waals surface area contributed by atoms with Gasteiger partial charge in [0, 0.05) is 16.1 Å². The monoisotopic (exact) mass is 672 g/mol. The van der Waals surface area contributed by atoms with E-state index in [9.17, 15) is 9.59 Å². The topological polar surface area (TPSA) is 88.4 Å². The van der Waals surface area contributed by atoms with Crippen LogP contribution in [0.4, 0.5) is 0 Å². The Kier molecular flexibility index (Phi) is 10.7. The van der Waals surface area contributed by atoms with Crippen molar-refractivity contribution in [1.29, 1.82) is 0 Å². The van der Waals surface area contributed by atoms with E-state index < -0.39 is 12.0 Å². The van der Waals surface area contributed by atoms with Gasteiger partial charge in [-0.05, 0) is 81.7 Å². The molecule has 10 heteroatoms. The lowest BCUT2D eigenvalue weighted by Gasteiger charge is -2.25. The van der Waals surface area contributed by atoms with E-state index >= 15 is 0 Å². The molecule has 244 valence electrons. The average Bonchev–Trinajstić information content (AvgIpc) is 3.34. The second-order valence-electron chi connectivity index (χ2n) is 11.1. The number of ether oxygens (including phenoxy) is 4. The van der Waals surface area contributed by atoms with E-state index in [-0.39, 0.29) is 18.3 Å². The second-order valence-corrected chi connectivity index (χ2v) is 12.5. The molecule has 5 rings (SSSR count). The number of halogens is 1. The number of rotatable bonds is 12. The lowest BCUT2D eigenvalue weighted by molar-refractivity contribution is -0.143. The normalized spacial score (nSPS) is 14.4. The maximum absolute atomic E-state index is 14.2. The molecule has 0 aliphatic carbocycles. The van der Waals surface area contributed by atoms with Gasteiger partial charge in [-0.1, -0.05) is 59.3 Å². The van der Waals surface area contributed by atoms with E-state index in [0.717, 1.165) is 16.7 Å². The van der Waals surface area contributed by atoms with Crippen molar-refractivity contribution in [2.45, 2.75) is 52.9 Å². The van der Waals surface area contributed by atoms with Gasteiger partial charge in [0.25, 0.3) is 5.56 Å². The fraction of sp³-hybridized carbons (Fsp3) is 0.270. The summed E-state index contributed by atoms with van der Waals surface area (Å²) in [6.45, 7) is 11.8. The molecule has 0 bridgehead atoms. The summed E-state index contributed by atoms with van der Waals surface area (Å²) >= 11 is 7.63. The number of fused-ring (bicyclic) bond motifs is 1. The third-order valence-corrected chi connectivity index (χ3v) is 8.79. The van der Waals surface area contributed by atoms with Crippen molar-refractivity contribution in [3.63, 3.8) is 0 Å². The van der Waals surface area contributed by atoms with Crippen molar-refractivity contribution in [3.05, 3.63) is 132 Å². The van der Waals surface area contributed by atoms with Crippen LogP contribution in [0.25, 0.3) is 6.08 Å². The van der Waals surface area contributed by atoms with E-state index in [2.05, 4.69) is 6.58 Å². The lowest BCUT2D eigenvalue weighted by Crippen LogP contribution is -2.40. The van der Waals surface area contributed by atoms with Gasteiger partial charge < -0.3 is 18.9 Å². The number of nitrogens with zero attached hydrogens (tertiary/aromatic N) is 2. The number of hydrogen-bond donors (Lipinski definition) is 0. The number of carbonyl (C=O) groups is 1. The Labute approximate surface area is 282 Å². The first-order valence-corrected chi connectivity index (χ1v) is 16.5. The Morgan fingerprint density at radius 2 is 1.89 bits per heavy atom. The van der Waals surface area contributed by atoms with Gasteiger partial charge >= 0.3 is 5.97 Å². The predicted molar refractivity (Wildman–Crippen MR) is 185 cm³/mol. The predicted octanol–water partition coefficient (Wildman–Crippen LogP) is 6.56. The van der Waals surface area contributed by atoms with Crippen LogP contribution in [0.5, 0.6) is 17.2 Å². The maximum atomic E-state index is 14.2. The smallest absolute Gasteiger partial charge is 0.338 e. The first-order chi connectivity index (χ1) is 22.6. The van der Waals surface area contributed by atoms with Crippen LogP contribution in [0.1, 0.15) is 56.0 Å². The van der Waals surface area contributed by atoms with Crippen molar-refractivity contribution >= 4 is 35.0 Å². The molecule has 0 spiro atoms. The Balaban J connectivity index is 1.64. The summed E-state index contributed by atoms with van der Waals surface area (Å²) < 4.78 is 25.4. The fourth-order valence-electron chi connectivity index (χ4n) is 5.40. The van der Waals surface area contributed by atoms with Gasteiger partial charge in [0.05, 0.1) is 41.7 Å². The highest BCUT2D eigenvalue weighted by atomic mass is 35.5. The number of thiazole rings is 1. The molecule has 2 heterocycles. The zero-order valence-corrected chi connectivity index (χ0v) is 28.6. The van der Waals surface area contributed by atoms with Crippen molar-refractivity contribution in [3.8, 4) is 17.2 Å². The van der Waals surface area contributed by atoms with Crippen LogP contribution in [0, 0.1) is 0 Å². The van der Waals surface area contributed by atoms with Gasteiger partial charge in [-0.2, -0.15) is 0 Å². The molecular formula is C37H37ClN2O6S. The van der Waals surface area contributed by atoms with Crippen LogP contribution in [0.3, 0.4) is 0 Å². The summed E-state index contributed by atoms with van der Waals surface area (Å²) in [5.74, 6) is 1.21.